The van der Waals surface area contributed by atoms with Crippen molar-refractivity contribution in [2.75, 3.05) is 23.2 Å². The van der Waals surface area contributed by atoms with Crippen molar-refractivity contribution >= 4 is 21.8 Å². The summed E-state index contributed by atoms with van der Waals surface area (Å²) in [6.07, 6.45) is 1.86. The quantitative estimate of drug-likeness (QED) is 0.471. The number of nitrogens with one attached hydrogen (secondary N) is 2. The summed E-state index contributed by atoms with van der Waals surface area (Å²) in [5.41, 5.74) is 3.38. The molecular weight excluding hydrogens is 488 g/mol. The fourth-order valence-electron chi connectivity index (χ4n) is 5.43. The molecule has 0 saturated heterocycles. The van der Waals surface area contributed by atoms with Gasteiger partial charge in [-0.25, -0.2) is 9.71 Å². The van der Waals surface area contributed by atoms with Crippen molar-refractivity contribution in [3.8, 4) is 17.1 Å². The minimum atomic E-state index is -4.03. The van der Waals surface area contributed by atoms with E-state index in [1.54, 1.807) is 23.9 Å². The van der Waals surface area contributed by atoms with Crippen LogP contribution in [-0.4, -0.2) is 41.3 Å². The maximum absolute atomic E-state index is 13.3. The zero-order valence-corrected chi connectivity index (χ0v) is 23.6. The molecule has 0 fully saturated rings. The summed E-state index contributed by atoms with van der Waals surface area (Å²) in [7, 11) is -2.30. The number of hydrogen-bond donors (Lipinski definition) is 2. The minimum Gasteiger partial charge on any atom is -0.477 e. The zero-order valence-electron chi connectivity index (χ0n) is 22.8. The Morgan fingerprint density at radius 1 is 1.05 bits per heavy atom. The lowest BCUT2D eigenvalue weighted by Crippen LogP contribution is -2.39. The van der Waals surface area contributed by atoms with Crippen molar-refractivity contribution < 1.29 is 13.2 Å². The number of aromatic nitrogens is 4. The van der Waals surface area contributed by atoms with Gasteiger partial charge in [0.25, 0.3) is 10.0 Å². The molecule has 1 aliphatic rings. The molecule has 0 spiro atoms. The molecule has 3 aromatic rings. The van der Waals surface area contributed by atoms with E-state index in [2.05, 4.69) is 52.8 Å². The van der Waals surface area contributed by atoms with Crippen LogP contribution in [0.15, 0.2) is 35.4 Å². The summed E-state index contributed by atoms with van der Waals surface area (Å²) in [6.45, 7) is 13.9. The minimum absolute atomic E-state index is 0.0483. The van der Waals surface area contributed by atoms with Gasteiger partial charge < -0.3 is 10.1 Å². The third-order valence-corrected chi connectivity index (χ3v) is 7.85. The molecule has 0 atom stereocenters. The Hall–Kier alpha value is -3.14. The molecule has 0 radical (unpaired) electrons. The molecule has 0 unspecified atom stereocenters. The van der Waals surface area contributed by atoms with Crippen LogP contribution in [0.5, 0.6) is 5.88 Å². The molecule has 37 heavy (non-hydrogen) atoms. The Labute approximate surface area is 220 Å². The lowest BCUT2D eigenvalue weighted by atomic mass is 9.74. The average Bonchev–Trinajstić information content (AvgIpc) is 3.16. The van der Waals surface area contributed by atoms with Crippen molar-refractivity contribution in [2.24, 2.45) is 24.3 Å². The molecule has 10 heteroatoms. The van der Waals surface area contributed by atoms with E-state index in [0.717, 1.165) is 29.5 Å². The Morgan fingerprint density at radius 2 is 1.70 bits per heavy atom. The van der Waals surface area contributed by atoms with Gasteiger partial charge in [0, 0.05) is 36.7 Å². The Morgan fingerprint density at radius 3 is 2.32 bits per heavy atom. The second-order valence-corrected chi connectivity index (χ2v) is 12.7. The predicted octanol–water partition coefficient (Wildman–Crippen LogP) is 5.18. The van der Waals surface area contributed by atoms with Crippen LogP contribution < -0.4 is 14.8 Å². The summed E-state index contributed by atoms with van der Waals surface area (Å²) in [4.78, 5) is 9.06. The molecule has 2 aromatic heterocycles. The Bertz CT molecular complexity index is 1350. The normalized spacial score (nSPS) is 16.7. The second kappa shape index (κ2) is 10.3. The van der Waals surface area contributed by atoms with Gasteiger partial charge in [-0.3, -0.25) is 4.68 Å². The highest BCUT2D eigenvalue weighted by atomic mass is 32.2. The fourth-order valence-corrected chi connectivity index (χ4v) is 6.37. The van der Waals surface area contributed by atoms with Gasteiger partial charge in [0.2, 0.25) is 11.8 Å². The molecule has 4 rings (SSSR count). The average molecular weight is 527 g/mol. The van der Waals surface area contributed by atoms with Crippen molar-refractivity contribution in [3.05, 3.63) is 41.5 Å². The van der Waals surface area contributed by atoms with E-state index in [1.165, 1.54) is 0 Å². The van der Waals surface area contributed by atoms with Gasteiger partial charge in [-0.2, -0.15) is 18.5 Å². The van der Waals surface area contributed by atoms with Crippen LogP contribution in [0, 0.1) is 31.1 Å². The molecule has 0 aliphatic carbocycles. The monoisotopic (exact) mass is 526 g/mol. The maximum atomic E-state index is 13.3. The second-order valence-electron chi connectivity index (χ2n) is 11.1. The first-order valence-electron chi connectivity index (χ1n) is 12.8. The van der Waals surface area contributed by atoms with Crippen molar-refractivity contribution in [1.82, 2.24) is 19.7 Å². The van der Waals surface area contributed by atoms with Crippen LogP contribution in [0.25, 0.3) is 11.3 Å². The summed E-state index contributed by atoms with van der Waals surface area (Å²) >= 11 is 0. The maximum Gasteiger partial charge on any atom is 0.283 e. The first-order valence-corrected chi connectivity index (χ1v) is 14.2. The van der Waals surface area contributed by atoms with Crippen LogP contribution in [0.1, 0.15) is 51.7 Å². The van der Waals surface area contributed by atoms with Crippen LogP contribution >= 0.6 is 0 Å². The first kappa shape index (κ1) is 26.9. The summed E-state index contributed by atoms with van der Waals surface area (Å²) in [6, 6.07) is 9.36. The van der Waals surface area contributed by atoms with Crippen LogP contribution in [0.4, 0.5) is 11.8 Å². The molecule has 200 valence electrons. The molecule has 0 saturated carbocycles. The van der Waals surface area contributed by atoms with Crippen LogP contribution in [0.3, 0.4) is 0 Å². The summed E-state index contributed by atoms with van der Waals surface area (Å²) < 4.78 is 37.0. The van der Waals surface area contributed by atoms with Crippen LogP contribution in [-0.2, 0) is 17.1 Å². The third-order valence-electron chi connectivity index (χ3n) is 6.65. The highest BCUT2D eigenvalue weighted by molar-refractivity contribution is 7.92. The smallest absolute Gasteiger partial charge is 0.283 e. The molecule has 4 bridgehead atoms. The van der Waals surface area contributed by atoms with E-state index in [0.29, 0.717) is 42.4 Å². The van der Waals surface area contributed by atoms with Gasteiger partial charge in [0.1, 0.15) is 5.82 Å². The highest BCUT2D eigenvalue weighted by Gasteiger charge is 2.34. The number of sulfonamides is 1. The van der Waals surface area contributed by atoms with Gasteiger partial charge >= 0.3 is 0 Å². The molecule has 1 aliphatic heterocycles. The first-order chi connectivity index (χ1) is 17.4. The van der Waals surface area contributed by atoms with E-state index in [9.17, 15) is 8.42 Å². The lowest BCUT2D eigenvalue weighted by Gasteiger charge is -2.37. The summed E-state index contributed by atoms with van der Waals surface area (Å²) in [5, 5.41) is 7.63. The molecule has 0 amide bonds. The van der Waals surface area contributed by atoms with Gasteiger partial charge in [-0.1, -0.05) is 45.9 Å². The number of hydrogen-bond acceptors (Lipinski definition) is 7. The van der Waals surface area contributed by atoms with E-state index in [1.807, 2.05) is 32.0 Å². The molecule has 2 N–H and O–H groups in total. The van der Waals surface area contributed by atoms with Crippen LogP contribution in [0.2, 0.25) is 0 Å². The number of benzene rings is 1. The largest absolute Gasteiger partial charge is 0.477 e. The lowest BCUT2D eigenvalue weighted by molar-refractivity contribution is 0.101. The number of aryl methyl sites for hydroxylation is 3. The number of fused-ring (bicyclic) bond motifs is 4. The van der Waals surface area contributed by atoms with E-state index >= 15 is 0 Å². The predicted molar refractivity (Wildman–Crippen MR) is 146 cm³/mol. The Kier molecular flexibility index (Phi) is 7.50. The van der Waals surface area contributed by atoms with Gasteiger partial charge in [-0.15, -0.1) is 0 Å². The SMILES string of the molecule is Cc1cccc(C)c1-c1cc2nc(n1)NS(=O)(=O)c1cc(n(C)n1)NCC(CC(C)C)(CC(C)C)CO2. The highest BCUT2D eigenvalue weighted by Crippen LogP contribution is 2.36. The third kappa shape index (κ3) is 6.06. The number of anilines is 2. The fraction of sp³-hybridized carbons (Fsp3) is 0.519. The van der Waals surface area contributed by atoms with E-state index < -0.39 is 10.0 Å². The molecular formula is C27H38N6O3S. The van der Waals surface area contributed by atoms with E-state index in [4.69, 9.17) is 4.74 Å². The zero-order chi connectivity index (χ0) is 27.0. The topological polar surface area (TPSA) is 111 Å². The molecule has 9 nitrogen and oxygen atoms in total. The standard InChI is InChI=1S/C27H38N6O3S/c1-17(2)13-27(14-18(3)4)15-28-22-12-24(31-33(22)7)37(34,35)32-26-29-21(11-23(30-26)36-16-27)25-19(5)9-8-10-20(25)6/h8-12,17-18,28H,13-16H2,1-7H3,(H,29,30,32). The van der Waals surface area contributed by atoms with E-state index in [-0.39, 0.29) is 16.4 Å². The van der Waals surface area contributed by atoms with Gasteiger partial charge in [0.15, 0.2) is 5.03 Å². The molecule has 3 heterocycles. The number of rotatable bonds is 5. The van der Waals surface area contributed by atoms with Gasteiger partial charge in [-0.05, 0) is 49.7 Å². The van der Waals surface area contributed by atoms with Gasteiger partial charge in [0.05, 0.1) is 12.3 Å². The van der Waals surface area contributed by atoms with Crippen molar-refractivity contribution in [2.45, 2.75) is 59.4 Å². The number of ether oxygens (including phenoxy) is 1. The molecule has 1 aromatic carbocycles. The Balaban J connectivity index is 1.89. The van der Waals surface area contributed by atoms with Crippen molar-refractivity contribution in [3.63, 3.8) is 0 Å². The number of nitrogens with zero attached hydrogens (tertiary/aromatic N) is 4. The van der Waals surface area contributed by atoms with Crippen molar-refractivity contribution in [1.29, 1.82) is 0 Å². The summed E-state index contributed by atoms with van der Waals surface area (Å²) in [5.74, 6) is 1.79.